The first-order chi connectivity index (χ1) is 33.5. The van der Waals surface area contributed by atoms with Crippen LogP contribution in [0.25, 0.3) is 83.9 Å². The van der Waals surface area contributed by atoms with Gasteiger partial charge < -0.3 is 5.11 Å². The topological polar surface area (TPSA) is 50.9 Å². The van der Waals surface area contributed by atoms with Gasteiger partial charge in [0.15, 0.2) is 0 Å². The first-order valence-electron chi connectivity index (χ1n) is 25.2. The molecule has 1 N–H and O–H groups in total. The molecule has 0 spiro atoms. The maximum atomic E-state index is 11.8. The van der Waals surface area contributed by atoms with Gasteiger partial charge in [0.1, 0.15) is 11.6 Å². The molecule has 4 nitrogen and oxygen atoms in total. The Labute approximate surface area is 384 Å². The molecule has 9 rings (SSSR count). The zero-order chi connectivity index (χ0) is 50.8. The normalized spacial score (nSPS) is 15.2. The Bertz CT molecular complexity index is 3420. The Morgan fingerprint density at radius 2 is 1.30 bits per heavy atom. The number of hydrogen-bond donors (Lipinski definition) is 1. The van der Waals surface area contributed by atoms with Gasteiger partial charge in [-0.2, -0.15) is 0 Å². The Balaban J connectivity index is 0.00000693. The number of pyridine rings is 1. The van der Waals surface area contributed by atoms with E-state index in [0.717, 1.165) is 22.3 Å². The molecule has 9 aromatic rings. The van der Waals surface area contributed by atoms with Gasteiger partial charge in [-0.25, -0.2) is 4.98 Å². The standard InChI is InChI=1S/C55H46N3O.Pt/c1-35-20-25-50(47(29-35)40-16-11-8-12-17-40)58-51-19-13-18-46(52(51)57-54(58)48-30-36(2)28-37(3)53(48)59)43-31-42(38-14-9-7-10-15-38)32-44(33-43)49-34-41(26-27-56-49)39-21-23-45(24-22-39)55(4,5)6;/h7-32,34,59H,1-6H3;/q-1;/i1D3,4D3,5D3,6D3;. The van der Waals surface area contributed by atoms with Gasteiger partial charge >= 0.3 is 0 Å². The molecule has 0 saturated carbocycles. The van der Waals surface area contributed by atoms with Crippen molar-refractivity contribution < 1.29 is 42.6 Å². The molecule has 0 aliphatic heterocycles. The molecule has 0 unspecified atom stereocenters. The summed E-state index contributed by atoms with van der Waals surface area (Å²) in [6.07, 6.45) is 1.62. The molecule has 2 aromatic heterocycles. The summed E-state index contributed by atoms with van der Waals surface area (Å²) in [5.74, 6) is 0.491. The van der Waals surface area contributed by atoms with Crippen LogP contribution in [-0.2, 0) is 26.5 Å². The predicted octanol–water partition coefficient (Wildman–Crippen LogP) is 14.1. The third kappa shape index (κ3) is 7.76. The van der Waals surface area contributed by atoms with Crippen LogP contribution < -0.4 is 0 Å². The van der Waals surface area contributed by atoms with Crippen molar-refractivity contribution in [3.05, 3.63) is 192 Å². The Hall–Kier alpha value is -6.35. The summed E-state index contributed by atoms with van der Waals surface area (Å²) in [6.45, 7) is -8.78. The number of rotatable bonds is 7. The van der Waals surface area contributed by atoms with Gasteiger partial charge in [-0.05, 0) is 95.4 Å². The first-order valence-corrected chi connectivity index (χ1v) is 19.2. The number of imidazole rings is 1. The number of benzene rings is 7. The summed E-state index contributed by atoms with van der Waals surface area (Å²) in [5.41, 5.74) is 7.57. The van der Waals surface area contributed by atoms with E-state index in [1.165, 1.54) is 24.3 Å². The summed E-state index contributed by atoms with van der Waals surface area (Å²) >= 11 is 0. The molecule has 0 fully saturated rings. The molecule has 0 amide bonds. The summed E-state index contributed by atoms with van der Waals surface area (Å²) in [6, 6.07) is 50.8. The summed E-state index contributed by atoms with van der Waals surface area (Å²) in [5, 5.41) is 11.8. The summed E-state index contributed by atoms with van der Waals surface area (Å²) < 4.78 is 101. The smallest absolute Gasteiger partial charge is 0.148 e. The summed E-state index contributed by atoms with van der Waals surface area (Å²) in [4.78, 5) is 10.1. The van der Waals surface area contributed by atoms with Crippen molar-refractivity contribution >= 4 is 11.0 Å². The third-order valence-corrected chi connectivity index (χ3v) is 10.6. The van der Waals surface area contributed by atoms with E-state index in [1.807, 2.05) is 128 Å². The molecule has 7 aromatic carbocycles. The minimum atomic E-state index is -3.39. The number of phenolic OH excluding ortho intramolecular Hbond substituents is 1. The molecule has 0 saturated heterocycles. The quantitative estimate of drug-likeness (QED) is 0.162. The van der Waals surface area contributed by atoms with Crippen molar-refractivity contribution in [2.45, 2.75) is 46.7 Å². The van der Waals surface area contributed by atoms with Gasteiger partial charge in [-0.1, -0.05) is 158 Å². The molecule has 0 radical (unpaired) electrons. The number of phenols is 1. The number of para-hydroxylation sites is 1. The molecule has 60 heavy (non-hydrogen) atoms. The number of fused-ring (bicyclic) bond motifs is 1. The van der Waals surface area contributed by atoms with Gasteiger partial charge in [-0.3, -0.25) is 9.55 Å². The van der Waals surface area contributed by atoms with E-state index in [0.29, 0.717) is 72.7 Å². The number of aromatic nitrogens is 3. The van der Waals surface area contributed by atoms with Crippen LogP contribution in [0, 0.1) is 26.8 Å². The molecule has 0 aliphatic rings. The average Bonchev–Trinajstić information content (AvgIpc) is 3.71. The fourth-order valence-corrected chi connectivity index (χ4v) is 7.77. The molecule has 0 atom stereocenters. The Morgan fingerprint density at radius 1 is 0.600 bits per heavy atom. The van der Waals surface area contributed by atoms with Crippen molar-refractivity contribution in [3.63, 3.8) is 0 Å². The second-order valence-corrected chi connectivity index (χ2v) is 14.8. The summed E-state index contributed by atoms with van der Waals surface area (Å²) in [7, 11) is 0. The van der Waals surface area contributed by atoms with Crippen LogP contribution >= 0.6 is 0 Å². The van der Waals surface area contributed by atoms with Crippen LogP contribution in [0.5, 0.6) is 5.75 Å². The maximum absolute atomic E-state index is 11.8. The molecular formula is C55H46N3OPt-. The third-order valence-electron chi connectivity index (χ3n) is 10.6. The van der Waals surface area contributed by atoms with E-state index in [-0.39, 0.29) is 37.9 Å². The van der Waals surface area contributed by atoms with E-state index in [4.69, 9.17) is 26.4 Å². The van der Waals surface area contributed by atoms with Crippen LogP contribution in [-0.4, -0.2) is 19.6 Å². The first kappa shape index (κ1) is 28.2. The molecule has 0 bridgehead atoms. The van der Waals surface area contributed by atoms with Crippen LogP contribution in [0.3, 0.4) is 0 Å². The van der Waals surface area contributed by atoms with E-state index >= 15 is 0 Å². The second-order valence-electron chi connectivity index (χ2n) is 14.8. The van der Waals surface area contributed by atoms with Gasteiger partial charge in [0.05, 0.1) is 22.3 Å². The van der Waals surface area contributed by atoms with Crippen LogP contribution in [0.2, 0.25) is 0 Å². The average molecular weight is 972 g/mol. The van der Waals surface area contributed by atoms with E-state index in [1.54, 1.807) is 30.5 Å². The van der Waals surface area contributed by atoms with Crippen LogP contribution in [0.1, 0.15) is 59.3 Å². The molecule has 0 aliphatic carbocycles. The monoisotopic (exact) mass is 971 g/mol. The zero-order valence-corrected chi connectivity index (χ0v) is 35.0. The van der Waals surface area contributed by atoms with Gasteiger partial charge in [0.25, 0.3) is 0 Å². The van der Waals surface area contributed by atoms with E-state index in [2.05, 4.69) is 6.07 Å². The molecular weight excluding hydrogens is 914 g/mol. The maximum Gasteiger partial charge on any atom is 0.148 e. The van der Waals surface area contributed by atoms with Gasteiger partial charge in [0, 0.05) is 55.0 Å². The number of aromatic hydroxyl groups is 1. The van der Waals surface area contributed by atoms with Crippen molar-refractivity contribution in [2.75, 3.05) is 0 Å². The fraction of sp³-hybridized carbons (Fsp3) is 0.127. The van der Waals surface area contributed by atoms with E-state index in [9.17, 15) is 5.11 Å². The molecule has 298 valence electrons. The predicted molar refractivity (Wildman–Crippen MR) is 245 cm³/mol. The second kappa shape index (κ2) is 16.4. The number of aryl methyl sites for hydroxylation is 3. The number of hydrogen-bond acceptors (Lipinski definition) is 3. The Morgan fingerprint density at radius 3 is 2.03 bits per heavy atom. The Kier molecular flexibility index (Phi) is 7.68. The minimum Gasteiger partial charge on any atom is -0.507 e. The van der Waals surface area contributed by atoms with Gasteiger partial charge in [0.2, 0.25) is 0 Å². The minimum absolute atomic E-state index is 0. The van der Waals surface area contributed by atoms with E-state index < -0.39 is 32.8 Å². The van der Waals surface area contributed by atoms with Crippen molar-refractivity contribution in [1.82, 2.24) is 14.5 Å². The van der Waals surface area contributed by atoms with Crippen molar-refractivity contribution in [1.29, 1.82) is 0 Å². The van der Waals surface area contributed by atoms with Crippen molar-refractivity contribution in [3.8, 4) is 78.6 Å². The van der Waals surface area contributed by atoms with Gasteiger partial charge in [-0.15, -0.1) is 23.8 Å². The zero-order valence-electron chi connectivity index (χ0n) is 44.7. The fourth-order valence-electron chi connectivity index (χ4n) is 7.77. The molecule has 2 heterocycles. The van der Waals surface area contributed by atoms with Crippen LogP contribution in [0.4, 0.5) is 0 Å². The molecule has 5 heteroatoms. The largest absolute Gasteiger partial charge is 0.507 e. The number of nitrogens with zero attached hydrogens (tertiary/aromatic N) is 3. The SMILES string of the molecule is [2H]C([2H])([2H])c1ccc(-n2c(-c3cc(C)cc(C)c3O)nc3c(-c4[c-]c(-c5cc(-c6ccc(C(C([2H])([2H])[2H])(C([2H])([2H])[2H])C([2H])([2H])[2H])cc6)ccn5)cc(-c5ccccc5)c4)cccc32)c(-c2ccccc2)c1.[Pt]. The van der Waals surface area contributed by atoms with Crippen molar-refractivity contribution in [2.24, 2.45) is 0 Å². The van der Waals surface area contributed by atoms with Crippen LogP contribution in [0.15, 0.2) is 164 Å².